The van der Waals surface area contributed by atoms with Gasteiger partial charge in [-0.15, -0.1) is 0 Å². The lowest BCUT2D eigenvalue weighted by molar-refractivity contribution is -0.123. The number of hydrazine groups is 1. The molecule has 3 aromatic rings. The van der Waals surface area contributed by atoms with E-state index >= 15 is 0 Å². The van der Waals surface area contributed by atoms with Gasteiger partial charge in [0.05, 0.1) is 10.6 Å². The molecule has 0 aliphatic rings. The lowest BCUT2D eigenvalue weighted by atomic mass is 10.1. The summed E-state index contributed by atoms with van der Waals surface area (Å²) in [5, 5.41) is 2.50. The van der Waals surface area contributed by atoms with Gasteiger partial charge >= 0.3 is 0 Å². The van der Waals surface area contributed by atoms with Crippen molar-refractivity contribution in [3.8, 4) is 5.75 Å². The zero-order valence-electron chi connectivity index (χ0n) is 13.5. The van der Waals surface area contributed by atoms with Crippen molar-refractivity contribution in [2.75, 3.05) is 6.61 Å². The monoisotopic (exact) mass is 388 g/mol. The van der Waals surface area contributed by atoms with E-state index in [-0.39, 0.29) is 17.2 Å². The molecule has 0 saturated heterocycles. The summed E-state index contributed by atoms with van der Waals surface area (Å²) in [6.45, 7) is -0.252. The van der Waals surface area contributed by atoms with Crippen molar-refractivity contribution in [3.05, 3.63) is 76.3 Å². The highest BCUT2D eigenvalue weighted by Gasteiger charge is 2.12. The lowest BCUT2D eigenvalue weighted by Gasteiger charge is -2.11. The van der Waals surface area contributed by atoms with Crippen LogP contribution in [0.25, 0.3) is 10.8 Å². The minimum Gasteiger partial charge on any atom is -0.483 e. The molecule has 2 N–H and O–H groups in total. The molecular weight excluding hydrogens is 375 g/mol. The fourth-order valence-electron chi connectivity index (χ4n) is 2.37. The topological polar surface area (TPSA) is 67.4 Å². The van der Waals surface area contributed by atoms with E-state index in [1.165, 1.54) is 12.1 Å². The molecule has 0 spiro atoms. The van der Waals surface area contributed by atoms with Crippen LogP contribution in [-0.4, -0.2) is 18.4 Å². The predicted molar refractivity (Wildman–Crippen MR) is 102 cm³/mol. The van der Waals surface area contributed by atoms with Gasteiger partial charge in [-0.2, -0.15) is 0 Å². The Bertz CT molecular complexity index is 971. The third-order valence-electron chi connectivity index (χ3n) is 3.60. The summed E-state index contributed by atoms with van der Waals surface area (Å²) in [7, 11) is 0. The maximum absolute atomic E-state index is 12.1. The molecule has 0 aliphatic heterocycles. The first-order valence-electron chi connectivity index (χ1n) is 7.69. The summed E-state index contributed by atoms with van der Waals surface area (Å²) < 4.78 is 5.55. The van der Waals surface area contributed by atoms with Gasteiger partial charge in [-0.05, 0) is 29.7 Å². The van der Waals surface area contributed by atoms with Gasteiger partial charge in [0.15, 0.2) is 6.61 Å². The minimum atomic E-state index is -0.573. The molecule has 0 bridgehead atoms. The molecule has 0 radical (unpaired) electrons. The van der Waals surface area contributed by atoms with E-state index in [2.05, 4.69) is 10.9 Å². The molecule has 0 aromatic heterocycles. The Morgan fingerprint density at radius 3 is 2.54 bits per heavy atom. The molecule has 3 aromatic carbocycles. The van der Waals surface area contributed by atoms with Crippen LogP contribution in [0.5, 0.6) is 5.75 Å². The zero-order chi connectivity index (χ0) is 18.5. The Balaban J connectivity index is 1.57. The maximum Gasteiger partial charge on any atom is 0.276 e. The summed E-state index contributed by atoms with van der Waals surface area (Å²) >= 11 is 11.8. The highest BCUT2D eigenvalue weighted by atomic mass is 35.5. The quantitative estimate of drug-likeness (QED) is 0.664. The lowest BCUT2D eigenvalue weighted by Crippen LogP contribution is -2.43. The Morgan fingerprint density at radius 2 is 1.69 bits per heavy atom. The van der Waals surface area contributed by atoms with Gasteiger partial charge in [0.25, 0.3) is 11.8 Å². The number of ether oxygens (including phenoxy) is 1. The molecule has 26 heavy (non-hydrogen) atoms. The first-order valence-corrected chi connectivity index (χ1v) is 8.45. The van der Waals surface area contributed by atoms with Crippen LogP contribution < -0.4 is 15.6 Å². The van der Waals surface area contributed by atoms with E-state index in [1.807, 2.05) is 36.4 Å². The first kappa shape index (κ1) is 18.0. The molecule has 132 valence electrons. The van der Waals surface area contributed by atoms with Crippen LogP contribution in [0, 0.1) is 0 Å². The van der Waals surface area contributed by atoms with Crippen molar-refractivity contribution < 1.29 is 14.3 Å². The number of rotatable bonds is 4. The van der Waals surface area contributed by atoms with Crippen molar-refractivity contribution in [1.29, 1.82) is 0 Å². The third kappa shape index (κ3) is 4.25. The number of nitrogens with one attached hydrogen (secondary N) is 2. The van der Waals surface area contributed by atoms with Crippen LogP contribution in [0.2, 0.25) is 10.0 Å². The second kappa shape index (κ2) is 8.08. The number of hydrogen-bond acceptors (Lipinski definition) is 3. The Morgan fingerprint density at radius 1 is 0.923 bits per heavy atom. The van der Waals surface area contributed by atoms with Crippen LogP contribution in [0.3, 0.4) is 0 Å². The maximum atomic E-state index is 12.1. The van der Waals surface area contributed by atoms with Crippen LogP contribution in [0.15, 0.2) is 60.7 Å². The van der Waals surface area contributed by atoms with Gasteiger partial charge in [-0.3, -0.25) is 20.4 Å². The van der Waals surface area contributed by atoms with Crippen LogP contribution >= 0.6 is 23.2 Å². The molecule has 0 atom stereocenters. The third-order valence-corrected chi connectivity index (χ3v) is 4.16. The van der Waals surface area contributed by atoms with Gasteiger partial charge in [0.2, 0.25) is 0 Å². The number of benzene rings is 3. The molecule has 3 rings (SSSR count). The van der Waals surface area contributed by atoms with Crippen molar-refractivity contribution in [1.82, 2.24) is 10.9 Å². The number of fused-ring (bicyclic) bond motifs is 1. The second-order valence-corrected chi connectivity index (χ2v) is 6.24. The molecule has 5 nitrogen and oxygen atoms in total. The molecule has 0 aliphatic carbocycles. The smallest absolute Gasteiger partial charge is 0.276 e. The van der Waals surface area contributed by atoms with E-state index in [1.54, 1.807) is 12.1 Å². The van der Waals surface area contributed by atoms with E-state index < -0.39 is 11.8 Å². The van der Waals surface area contributed by atoms with Gasteiger partial charge in [-0.1, -0.05) is 59.6 Å². The molecule has 0 saturated carbocycles. The van der Waals surface area contributed by atoms with Gasteiger partial charge in [-0.25, -0.2) is 0 Å². The summed E-state index contributed by atoms with van der Waals surface area (Å²) in [6.07, 6.45) is 0. The van der Waals surface area contributed by atoms with Gasteiger partial charge in [0.1, 0.15) is 5.75 Å². The highest BCUT2D eigenvalue weighted by Crippen LogP contribution is 2.25. The number of amides is 2. The zero-order valence-corrected chi connectivity index (χ0v) is 15.0. The van der Waals surface area contributed by atoms with E-state index in [4.69, 9.17) is 27.9 Å². The van der Waals surface area contributed by atoms with Gasteiger partial charge < -0.3 is 4.74 Å². The number of carbonyl (C=O) groups is 2. The largest absolute Gasteiger partial charge is 0.483 e. The first-order chi connectivity index (χ1) is 12.5. The van der Waals surface area contributed by atoms with Crippen molar-refractivity contribution >= 4 is 45.8 Å². The van der Waals surface area contributed by atoms with Crippen LogP contribution in [-0.2, 0) is 4.79 Å². The fraction of sp³-hybridized carbons (Fsp3) is 0.0526. The molecular formula is C19H14Cl2N2O3. The minimum absolute atomic E-state index is 0.162. The molecule has 0 unspecified atom stereocenters. The molecule has 7 heteroatoms. The van der Waals surface area contributed by atoms with Crippen molar-refractivity contribution in [2.24, 2.45) is 0 Å². The summed E-state index contributed by atoms with van der Waals surface area (Å²) in [4.78, 5) is 24.0. The normalized spacial score (nSPS) is 10.4. The van der Waals surface area contributed by atoms with Crippen LogP contribution in [0.4, 0.5) is 0 Å². The van der Waals surface area contributed by atoms with Crippen LogP contribution in [0.1, 0.15) is 10.4 Å². The van der Waals surface area contributed by atoms with Gasteiger partial charge in [0, 0.05) is 10.4 Å². The Hall–Kier alpha value is -2.76. The fourth-order valence-corrected chi connectivity index (χ4v) is 2.74. The second-order valence-electron chi connectivity index (χ2n) is 5.39. The Labute approximate surface area is 159 Å². The average molecular weight is 389 g/mol. The predicted octanol–water partition coefficient (Wildman–Crippen LogP) is 3.99. The van der Waals surface area contributed by atoms with E-state index in [9.17, 15) is 9.59 Å². The van der Waals surface area contributed by atoms with E-state index in [0.717, 1.165) is 10.8 Å². The SMILES string of the molecule is O=C(COc1cccc2ccccc12)NNC(=O)c1cc(Cl)ccc1Cl. The number of carbonyl (C=O) groups excluding carboxylic acids is 2. The van der Waals surface area contributed by atoms with Crippen molar-refractivity contribution in [2.45, 2.75) is 0 Å². The Kier molecular flexibility index (Phi) is 5.61. The molecule has 0 fully saturated rings. The summed E-state index contributed by atoms with van der Waals surface area (Å²) in [5.74, 6) is -0.497. The molecule has 2 amide bonds. The number of halogens is 2. The summed E-state index contributed by atoms with van der Waals surface area (Å²) in [5.41, 5.74) is 4.72. The van der Waals surface area contributed by atoms with E-state index in [0.29, 0.717) is 10.8 Å². The average Bonchev–Trinajstić information content (AvgIpc) is 2.66. The standard InChI is InChI=1S/C19H14Cl2N2O3/c20-13-8-9-16(21)15(10-13)19(25)23-22-18(24)11-26-17-7-3-5-12-4-1-2-6-14(12)17/h1-10H,11H2,(H,22,24)(H,23,25). The summed E-state index contributed by atoms with van der Waals surface area (Å²) in [6, 6.07) is 17.7. The van der Waals surface area contributed by atoms with Crippen molar-refractivity contribution in [3.63, 3.8) is 0 Å². The highest BCUT2D eigenvalue weighted by molar-refractivity contribution is 6.35. The number of hydrogen-bond donors (Lipinski definition) is 2. The molecule has 0 heterocycles.